The maximum atomic E-state index is 13.8. The Morgan fingerprint density at radius 3 is 2.32 bits per heavy atom. The predicted molar refractivity (Wildman–Crippen MR) is 126 cm³/mol. The topological polar surface area (TPSA) is 55.2 Å². The van der Waals surface area contributed by atoms with Gasteiger partial charge in [-0.15, -0.1) is 0 Å². The minimum Gasteiger partial charge on any atom is -0.332 e. The summed E-state index contributed by atoms with van der Waals surface area (Å²) in [5.74, 6) is 0.555. The first-order valence-corrected chi connectivity index (χ1v) is 11.3. The van der Waals surface area contributed by atoms with Crippen LogP contribution >= 0.6 is 0 Å². The van der Waals surface area contributed by atoms with Crippen LogP contribution in [-0.2, 0) is 11.8 Å². The van der Waals surface area contributed by atoms with E-state index in [1.54, 1.807) is 17.7 Å². The number of hydrogen-bond acceptors (Lipinski definition) is 3. The van der Waals surface area contributed by atoms with Gasteiger partial charge < -0.3 is 4.90 Å². The lowest BCUT2D eigenvalue weighted by Crippen LogP contribution is -2.41. The molecule has 2 aromatic carbocycles. The fourth-order valence-electron chi connectivity index (χ4n) is 4.26. The Morgan fingerprint density at radius 1 is 1.00 bits per heavy atom. The molecule has 2 atom stereocenters. The van der Waals surface area contributed by atoms with Crippen molar-refractivity contribution in [3.63, 3.8) is 0 Å². The van der Waals surface area contributed by atoms with Gasteiger partial charge in [-0.3, -0.25) is 14.2 Å². The van der Waals surface area contributed by atoms with Gasteiger partial charge in [0.2, 0.25) is 5.91 Å². The zero-order valence-corrected chi connectivity index (χ0v) is 19.0. The van der Waals surface area contributed by atoms with Crippen LogP contribution in [0.5, 0.6) is 0 Å². The molecule has 0 aliphatic carbocycles. The molecule has 0 aliphatic heterocycles. The van der Waals surface area contributed by atoms with Crippen molar-refractivity contribution in [2.75, 3.05) is 6.54 Å². The van der Waals surface area contributed by atoms with Gasteiger partial charge in [0.05, 0.1) is 22.9 Å². The van der Waals surface area contributed by atoms with Crippen LogP contribution in [-0.4, -0.2) is 26.9 Å². The van der Waals surface area contributed by atoms with Gasteiger partial charge in [-0.1, -0.05) is 69.7 Å². The molecule has 1 heterocycles. The maximum Gasteiger partial charge on any atom is 0.261 e. The van der Waals surface area contributed by atoms with Gasteiger partial charge in [0.25, 0.3) is 5.56 Å². The molecule has 3 aromatic rings. The lowest BCUT2D eigenvalue weighted by molar-refractivity contribution is -0.136. The minimum atomic E-state index is -0.251. The van der Waals surface area contributed by atoms with Crippen LogP contribution in [0.25, 0.3) is 10.9 Å². The summed E-state index contributed by atoms with van der Waals surface area (Å²) >= 11 is 0. The number of unbranched alkanes of at least 4 members (excludes halogenated alkanes) is 1. The minimum absolute atomic E-state index is 0.0722. The molecule has 0 fully saturated rings. The molecule has 164 valence electrons. The quantitative estimate of drug-likeness (QED) is 0.479. The average molecular weight is 420 g/mol. The summed E-state index contributed by atoms with van der Waals surface area (Å²) in [4.78, 5) is 33.6. The summed E-state index contributed by atoms with van der Waals surface area (Å²) in [6.07, 6.45) is 3.33. The van der Waals surface area contributed by atoms with E-state index >= 15 is 0 Å². The zero-order valence-electron chi connectivity index (χ0n) is 19.0. The Bertz CT molecular complexity index is 1070. The summed E-state index contributed by atoms with van der Waals surface area (Å²) in [6, 6.07) is 17.1. The van der Waals surface area contributed by atoms with E-state index in [4.69, 9.17) is 4.98 Å². The summed E-state index contributed by atoms with van der Waals surface area (Å²) in [5, 5.41) is 0.603. The number of para-hydroxylation sites is 1. The van der Waals surface area contributed by atoms with Crippen molar-refractivity contribution in [2.45, 2.75) is 58.4 Å². The van der Waals surface area contributed by atoms with Gasteiger partial charge in [0.15, 0.2) is 0 Å². The molecule has 0 bridgehead atoms. The van der Waals surface area contributed by atoms with Crippen molar-refractivity contribution >= 4 is 16.8 Å². The predicted octanol–water partition coefficient (Wildman–Crippen LogP) is 5.21. The molecule has 3 rings (SSSR count). The van der Waals surface area contributed by atoms with Crippen LogP contribution in [0.3, 0.4) is 0 Å². The normalized spacial score (nSPS) is 13.2. The van der Waals surface area contributed by atoms with Crippen LogP contribution in [0, 0.1) is 0 Å². The lowest BCUT2D eigenvalue weighted by atomic mass is 9.93. The Balaban J connectivity index is 2.08. The maximum absolute atomic E-state index is 13.8. The number of carbonyl (C=O) groups is 1. The SMILES string of the molecule is CCCCN(C(=O)C(CC)c1ccccc1)C(CC)c1nc2ccccc2c(=O)n1C. The monoisotopic (exact) mass is 419 g/mol. The molecule has 0 aliphatic rings. The van der Waals surface area contributed by atoms with E-state index in [2.05, 4.69) is 20.8 Å². The van der Waals surface area contributed by atoms with E-state index in [1.165, 1.54) is 0 Å². The van der Waals surface area contributed by atoms with Crippen LogP contribution < -0.4 is 5.56 Å². The Morgan fingerprint density at radius 2 is 1.68 bits per heavy atom. The van der Waals surface area contributed by atoms with Crippen molar-refractivity contribution in [3.8, 4) is 0 Å². The Hall–Kier alpha value is -2.95. The second-order valence-corrected chi connectivity index (χ2v) is 8.03. The summed E-state index contributed by atoms with van der Waals surface area (Å²) in [7, 11) is 1.76. The first-order valence-electron chi connectivity index (χ1n) is 11.3. The highest BCUT2D eigenvalue weighted by atomic mass is 16.2. The van der Waals surface area contributed by atoms with Crippen molar-refractivity contribution in [3.05, 3.63) is 76.3 Å². The fraction of sp³-hybridized carbons (Fsp3) is 0.423. The molecule has 0 radical (unpaired) electrons. The highest BCUT2D eigenvalue weighted by Gasteiger charge is 2.31. The van der Waals surface area contributed by atoms with Crippen LogP contribution in [0.4, 0.5) is 0 Å². The zero-order chi connectivity index (χ0) is 22.4. The number of rotatable bonds is 9. The van der Waals surface area contributed by atoms with Gasteiger partial charge in [-0.2, -0.15) is 0 Å². The fourth-order valence-corrected chi connectivity index (χ4v) is 4.26. The molecule has 5 heteroatoms. The van der Waals surface area contributed by atoms with E-state index < -0.39 is 0 Å². The second kappa shape index (κ2) is 10.4. The van der Waals surface area contributed by atoms with Gasteiger partial charge >= 0.3 is 0 Å². The van der Waals surface area contributed by atoms with Crippen LogP contribution in [0.15, 0.2) is 59.4 Å². The molecule has 0 saturated heterocycles. The molecule has 0 saturated carbocycles. The van der Waals surface area contributed by atoms with Gasteiger partial charge in [-0.05, 0) is 37.0 Å². The number of nitrogens with zero attached hydrogens (tertiary/aromatic N) is 3. The third kappa shape index (κ3) is 4.71. The van der Waals surface area contributed by atoms with E-state index in [1.807, 2.05) is 53.4 Å². The van der Waals surface area contributed by atoms with Crippen molar-refractivity contribution < 1.29 is 4.79 Å². The van der Waals surface area contributed by atoms with E-state index in [9.17, 15) is 9.59 Å². The average Bonchev–Trinajstić information content (AvgIpc) is 2.80. The second-order valence-electron chi connectivity index (χ2n) is 8.03. The number of benzene rings is 2. The number of hydrogen-bond donors (Lipinski definition) is 0. The molecule has 0 N–H and O–H groups in total. The van der Waals surface area contributed by atoms with Crippen LogP contribution in [0.1, 0.15) is 69.8 Å². The standard InChI is InChI=1S/C26H33N3O2/c1-5-8-18-29(26(31)20(6-2)19-14-10-9-11-15-19)23(7-3)24-27-22-17-13-12-16-21(22)25(30)28(24)4/h9-17,20,23H,5-8,18H2,1-4H3. The van der Waals surface area contributed by atoms with Crippen molar-refractivity contribution in [1.29, 1.82) is 0 Å². The molecule has 31 heavy (non-hydrogen) atoms. The van der Waals surface area contributed by atoms with Crippen molar-refractivity contribution in [1.82, 2.24) is 14.5 Å². The number of carbonyl (C=O) groups excluding carboxylic acids is 1. The van der Waals surface area contributed by atoms with E-state index in [-0.39, 0.29) is 23.4 Å². The number of fused-ring (bicyclic) bond motifs is 1. The third-order valence-electron chi connectivity index (χ3n) is 6.02. The first-order chi connectivity index (χ1) is 15.0. The summed E-state index contributed by atoms with van der Waals surface area (Å²) < 4.78 is 1.62. The van der Waals surface area contributed by atoms with Crippen molar-refractivity contribution in [2.24, 2.45) is 7.05 Å². The third-order valence-corrected chi connectivity index (χ3v) is 6.02. The van der Waals surface area contributed by atoms with Gasteiger partial charge in [0.1, 0.15) is 5.82 Å². The molecular formula is C26H33N3O2. The number of aromatic nitrogens is 2. The van der Waals surface area contributed by atoms with E-state index in [0.717, 1.165) is 24.8 Å². The molecule has 1 amide bonds. The lowest BCUT2D eigenvalue weighted by Gasteiger charge is -2.34. The first kappa shape index (κ1) is 22.7. The molecule has 2 unspecified atom stereocenters. The summed E-state index contributed by atoms with van der Waals surface area (Å²) in [6.45, 7) is 6.89. The molecule has 5 nitrogen and oxygen atoms in total. The molecular weight excluding hydrogens is 386 g/mol. The highest BCUT2D eigenvalue weighted by Crippen LogP contribution is 2.30. The highest BCUT2D eigenvalue weighted by molar-refractivity contribution is 5.84. The van der Waals surface area contributed by atoms with E-state index in [0.29, 0.717) is 29.7 Å². The van der Waals surface area contributed by atoms with Gasteiger partial charge in [-0.25, -0.2) is 4.98 Å². The molecule has 0 spiro atoms. The Kier molecular flexibility index (Phi) is 7.61. The Labute approximate surface area is 184 Å². The van der Waals surface area contributed by atoms with Crippen LogP contribution in [0.2, 0.25) is 0 Å². The smallest absolute Gasteiger partial charge is 0.261 e. The summed E-state index contributed by atoms with van der Waals surface area (Å²) in [5.41, 5.74) is 1.64. The largest absolute Gasteiger partial charge is 0.332 e. The number of amides is 1. The molecule has 1 aromatic heterocycles. The van der Waals surface area contributed by atoms with Gasteiger partial charge in [0, 0.05) is 13.6 Å².